The first-order chi connectivity index (χ1) is 15.5. The second-order valence-electron chi connectivity index (χ2n) is 7.80. The van der Waals surface area contributed by atoms with E-state index in [0.717, 1.165) is 30.8 Å². The van der Waals surface area contributed by atoms with E-state index in [9.17, 15) is 14.7 Å². The predicted molar refractivity (Wildman–Crippen MR) is 125 cm³/mol. The number of carbonyl (C=O) groups is 2. The fraction of sp³-hybridized carbons (Fsp3) is 0.385. The molecule has 0 saturated carbocycles. The molecule has 32 heavy (non-hydrogen) atoms. The van der Waals surface area contributed by atoms with Crippen LogP contribution in [0.4, 0.5) is 0 Å². The normalized spacial score (nSPS) is 17.9. The van der Waals surface area contributed by atoms with Crippen LogP contribution in [0, 0.1) is 0 Å². The van der Waals surface area contributed by atoms with Crippen LogP contribution < -0.4 is 4.74 Å². The van der Waals surface area contributed by atoms with Crippen molar-refractivity contribution in [1.29, 1.82) is 0 Å². The molecular weight excluding hydrogens is 404 g/mol. The summed E-state index contributed by atoms with van der Waals surface area (Å²) >= 11 is 0. The molecule has 0 bridgehead atoms. The molecule has 1 aliphatic heterocycles. The molecule has 0 radical (unpaired) electrons. The number of ketones is 1. The topological polar surface area (TPSA) is 70.1 Å². The molecule has 1 heterocycles. The number of benzene rings is 2. The fourth-order valence-electron chi connectivity index (χ4n) is 3.96. The number of Topliss-reactive ketones (excluding diaryl/α,β-unsaturated/α-hetero) is 1. The molecule has 1 saturated heterocycles. The second-order valence-corrected chi connectivity index (χ2v) is 7.80. The number of amides is 1. The van der Waals surface area contributed by atoms with Crippen LogP contribution in [-0.2, 0) is 9.59 Å². The third-order valence-corrected chi connectivity index (χ3v) is 5.81. The smallest absolute Gasteiger partial charge is 0.295 e. The lowest BCUT2D eigenvalue weighted by Gasteiger charge is -2.28. The number of nitrogens with zero attached hydrogens (tertiary/aromatic N) is 2. The molecule has 1 aliphatic rings. The molecule has 1 unspecified atom stereocenters. The number of carbonyl (C=O) groups excluding carboxylic acids is 2. The van der Waals surface area contributed by atoms with E-state index in [1.54, 1.807) is 29.2 Å². The molecule has 1 fully saturated rings. The molecule has 0 aliphatic carbocycles. The Hall–Kier alpha value is -3.12. The molecule has 3 rings (SSSR count). The molecule has 0 spiro atoms. The zero-order valence-corrected chi connectivity index (χ0v) is 19.1. The summed E-state index contributed by atoms with van der Waals surface area (Å²) in [6, 6.07) is 15.7. The van der Waals surface area contributed by atoms with Gasteiger partial charge in [0.1, 0.15) is 11.5 Å². The second kappa shape index (κ2) is 11.0. The minimum Gasteiger partial charge on any atom is -0.507 e. The van der Waals surface area contributed by atoms with Crippen molar-refractivity contribution < 1.29 is 19.4 Å². The van der Waals surface area contributed by atoms with E-state index < -0.39 is 17.7 Å². The minimum atomic E-state index is -0.651. The quantitative estimate of drug-likeness (QED) is 0.343. The van der Waals surface area contributed by atoms with Gasteiger partial charge in [0, 0.05) is 18.7 Å². The number of rotatable bonds is 10. The average molecular weight is 437 g/mol. The number of hydrogen-bond donors (Lipinski definition) is 1. The van der Waals surface area contributed by atoms with Crippen molar-refractivity contribution in [3.05, 3.63) is 71.3 Å². The van der Waals surface area contributed by atoms with Gasteiger partial charge in [-0.05, 0) is 37.2 Å². The number of aliphatic hydroxyl groups is 1. The van der Waals surface area contributed by atoms with Crippen LogP contribution >= 0.6 is 0 Å². The van der Waals surface area contributed by atoms with E-state index in [1.807, 2.05) is 37.3 Å². The lowest BCUT2D eigenvalue weighted by molar-refractivity contribution is -0.140. The Kier molecular flexibility index (Phi) is 8.06. The van der Waals surface area contributed by atoms with Crippen molar-refractivity contribution in [3.8, 4) is 5.75 Å². The minimum absolute atomic E-state index is 0.128. The molecule has 170 valence electrons. The summed E-state index contributed by atoms with van der Waals surface area (Å²) in [5.41, 5.74) is 1.41. The summed E-state index contributed by atoms with van der Waals surface area (Å²) in [6.07, 6.45) is 0.907. The summed E-state index contributed by atoms with van der Waals surface area (Å²) in [6.45, 7) is 9.57. The number of ether oxygens (including phenoxy) is 1. The fourth-order valence-corrected chi connectivity index (χ4v) is 3.96. The maximum Gasteiger partial charge on any atom is 0.295 e. The first-order valence-electron chi connectivity index (χ1n) is 11.3. The average Bonchev–Trinajstić information content (AvgIpc) is 3.08. The zero-order valence-electron chi connectivity index (χ0n) is 19.1. The van der Waals surface area contributed by atoms with E-state index in [0.29, 0.717) is 25.3 Å². The van der Waals surface area contributed by atoms with Crippen molar-refractivity contribution >= 4 is 17.4 Å². The van der Waals surface area contributed by atoms with Gasteiger partial charge in [-0.2, -0.15) is 0 Å². The molecule has 0 aromatic heterocycles. The van der Waals surface area contributed by atoms with Crippen LogP contribution in [0.1, 0.15) is 44.4 Å². The predicted octanol–water partition coefficient (Wildman–Crippen LogP) is 4.24. The van der Waals surface area contributed by atoms with Gasteiger partial charge < -0.3 is 19.6 Å². The van der Waals surface area contributed by atoms with Crippen LogP contribution in [-0.4, -0.2) is 59.4 Å². The molecular formula is C26H32N2O4. The lowest BCUT2D eigenvalue weighted by Crippen LogP contribution is -2.38. The van der Waals surface area contributed by atoms with E-state index in [2.05, 4.69) is 18.7 Å². The maximum atomic E-state index is 13.1. The van der Waals surface area contributed by atoms with Gasteiger partial charge in [0.25, 0.3) is 11.7 Å². The van der Waals surface area contributed by atoms with Gasteiger partial charge in [-0.1, -0.05) is 63.2 Å². The Bertz CT molecular complexity index is 950. The SMILES string of the molecule is CCCOc1ccc(C2/C(=C(\O)c3ccccc3)C(=O)C(=O)N2CCN(CC)CC)cc1. The highest BCUT2D eigenvalue weighted by Crippen LogP contribution is 2.39. The van der Waals surface area contributed by atoms with Crippen molar-refractivity contribution in [3.63, 3.8) is 0 Å². The van der Waals surface area contributed by atoms with Gasteiger partial charge in [0.05, 0.1) is 18.2 Å². The third-order valence-electron chi connectivity index (χ3n) is 5.81. The van der Waals surface area contributed by atoms with Crippen LogP contribution in [0.25, 0.3) is 5.76 Å². The molecule has 2 aromatic rings. The van der Waals surface area contributed by atoms with Crippen molar-refractivity contribution in [2.75, 3.05) is 32.8 Å². The van der Waals surface area contributed by atoms with E-state index in [4.69, 9.17) is 4.74 Å². The number of likely N-dealkylation sites (tertiary alicyclic amines) is 1. The Morgan fingerprint density at radius 2 is 1.66 bits per heavy atom. The Morgan fingerprint density at radius 3 is 2.25 bits per heavy atom. The van der Waals surface area contributed by atoms with Gasteiger partial charge in [0.2, 0.25) is 0 Å². The first kappa shape index (κ1) is 23.5. The van der Waals surface area contributed by atoms with E-state index in [-0.39, 0.29) is 11.3 Å². The summed E-state index contributed by atoms with van der Waals surface area (Å²) in [7, 11) is 0. The van der Waals surface area contributed by atoms with Crippen molar-refractivity contribution in [2.45, 2.75) is 33.2 Å². The Balaban J connectivity index is 2.03. The van der Waals surface area contributed by atoms with Crippen molar-refractivity contribution in [2.24, 2.45) is 0 Å². The highest BCUT2D eigenvalue weighted by Gasteiger charge is 2.45. The summed E-state index contributed by atoms with van der Waals surface area (Å²) in [4.78, 5) is 29.9. The van der Waals surface area contributed by atoms with Crippen LogP contribution in [0.15, 0.2) is 60.2 Å². The number of likely N-dealkylation sites (N-methyl/N-ethyl adjacent to an activating group) is 1. The highest BCUT2D eigenvalue weighted by molar-refractivity contribution is 6.46. The molecule has 6 heteroatoms. The maximum absolute atomic E-state index is 13.1. The van der Waals surface area contributed by atoms with Crippen LogP contribution in [0.2, 0.25) is 0 Å². The van der Waals surface area contributed by atoms with Gasteiger partial charge in [-0.25, -0.2) is 0 Å². The molecule has 6 nitrogen and oxygen atoms in total. The van der Waals surface area contributed by atoms with Gasteiger partial charge >= 0.3 is 0 Å². The standard InChI is InChI=1S/C26H32N2O4/c1-4-18-32-21-14-12-19(13-15-21)23-22(24(29)20-10-8-7-9-11-20)25(30)26(31)28(23)17-16-27(5-2)6-3/h7-15,23,29H,4-6,16-18H2,1-3H3/b24-22+. The number of hydrogen-bond acceptors (Lipinski definition) is 5. The van der Waals surface area contributed by atoms with Crippen LogP contribution in [0.3, 0.4) is 0 Å². The molecule has 2 aromatic carbocycles. The number of aliphatic hydroxyl groups excluding tert-OH is 1. The van der Waals surface area contributed by atoms with Crippen molar-refractivity contribution in [1.82, 2.24) is 9.80 Å². The molecule has 1 amide bonds. The third kappa shape index (κ3) is 5.02. The Morgan fingerprint density at radius 1 is 1.00 bits per heavy atom. The monoisotopic (exact) mass is 436 g/mol. The largest absolute Gasteiger partial charge is 0.507 e. The molecule has 1 N–H and O–H groups in total. The van der Waals surface area contributed by atoms with Gasteiger partial charge in [0.15, 0.2) is 0 Å². The van der Waals surface area contributed by atoms with Gasteiger partial charge in [-0.15, -0.1) is 0 Å². The van der Waals surface area contributed by atoms with E-state index in [1.165, 1.54) is 0 Å². The van der Waals surface area contributed by atoms with Crippen LogP contribution in [0.5, 0.6) is 5.75 Å². The summed E-state index contributed by atoms with van der Waals surface area (Å²) in [5, 5.41) is 11.0. The zero-order chi connectivity index (χ0) is 23.1. The first-order valence-corrected chi connectivity index (χ1v) is 11.3. The Labute approximate surface area is 190 Å². The van der Waals surface area contributed by atoms with Gasteiger partial charge in [-0.3, -0.25) is 9.59 Å². The molecule has 1 atom stereocenters. The lowest BCUT2D eigenvalue weighted by atomic mass is 9.95. The van der Waals surface area contributed by atoms with E-state index >= 15 is 0 Å². The summed E-state index contributed by atoms with van der Waals surface area (Å²) in [5.74, 6) is -0.641. The highest BCUT2D eigenvalue weighted by atomic mass is 16.5. The summed E-state index contributed by atoms with van der Waals surface area (Å²) < 4.78 is 5.68.